The standard InChI is InChI=1S/C22H24FN5/c1-16-3-4-17(2)20(15-16)25-22-24-10-9-21(26-22)28-13-11-27(12-14-28)19-7-5-18(23)6-8-19/h3-10,15H,11-14H2,1-2H3,(H,24,25,26). The third-order valence-corrected chi connectivity index (χ3v) is 5.08. The molecule has 1 aromatic heterocycles. The molecule has 0 amide bonds. The van der Waals surface area contributed by atoms with E-state index < -0.39 is 0 Å². The van der Waals surface area contributed by atoms with Gasteiger partial charge in [0, 0.05) is 43.8 Å². The Labute approximate surface area is 164 Å². The van der Waals surface area contributed by atoms with Gasteiger partial charge in [0.25, 0.3) is 0 Å². The summed E-state index contributed by atoms with van der Waals surface area (Å²) in [6.45, 7) is 7.60. The average molecular weight is 377 g/mol. The van der Waals surface area contributed by atoms with Gasteiger partial charge < -0.3 is 15.1 Å². The van der Waals surface area contributed by atoms with Crippen LogP contribution in [-0.4, -0.2) is 36.1 Å². The Kier molecular flexibility index (Phi) is 5.10. The van der Waals surface area contributed by atoms with Crippen LogP contribution in [0.4, 0.5) is 27.5 Å². The first-order valence-electron chi connectivity index (χ1n) is 9.51. The molecule has 28 heavy (non-hydrogen) atoms. The first-order valence-corrected chi connectivity index (χ1v) is 9.51. The van der Waals surface area contributed by atoms with Crippen molar-refractivity contribution >= 4 is 23.1 Å². The van der Waals surface area contributed by atoms with Gasteiger partial charge in [0.05, 0.1) is 0 Å². The zero-order chi connectivity index (χ0) is 19.5. The third-order valence-electron chi connectivity index (χ3n) is 5.08. The van der Waals surface area contributed by atoms with Crippen molar-refractivity contribution in [1.82, 2.24) is 9.97 Å². The van der Waals surface area contributed by atoms with Crippen LogP contribution < -0.4 is 15.1 Å². The van der Waals surface area contributed by atoms with E-state index in [1.54, 1.807) is 6.20 Å². The van der Waals surface area contributed by atoms with Crippen LogP contribution in [0.5, 0.6) is 0 Å². The monoisotopic (exact) mass is 377 g/mol. The Morgan fingerprint density at radius 1 is 0.893 bits per heavy atom. The molecular weight excluding hydrogens is 353 g/mol. The molecule has 1 fully saturated rings. The molecule has 2 heterocycles. The van der Waals surface area contributed by atoms with Crippen LogP contribution >= 0.6 is 0 Å². The Morgan fingerprint density at radius 2 is 1.61 bits per heavy atom. The number of piperazine rings is 1. The summed E-state index contributed by atoms with van der Waals surface area (Å²) in [5.74, 6) is 1.32. The van der Waals surface area contributed by atoms with Gasteiger partial charge in [0.2, 0.25) is 5.95 Å². The number of benzene rings is 2. The summed E-state index contributed by atoms with van der Waals surface area (Å²) in [5.41, 5.74) is 4.44. The lowest BCUT2D eigenvalue weighted by molar-refractivity contribution is 0.624. The van der Waals surface area contributed by atoms with Gasteiger partial charge in [-0.05, 0) is 61.4 Å². The predicted molar refractivity (Wildman–Crippen MR) is 112 cm³/mol. The molecule has 0 atom stereocenters. The van der Waals surface area contributed by atoms with Crippen LogP contribution in [0, 0.1) is 19.7 Å². The number of anilines is 4. The average Bonchev–Trinajstić information content (AvgIpc) is 2.72. The molecule has 1 N–H and O–H groups in total. The zero-order valence-corrected chi connectivity index (χ0v) is 16.2. The van der Waals surface area contributed by atoms with E-state index >= 15 is 0 Å². The van der Waals surface area contributed by atoms with Crippen molar-refractivity contribution in [3.63, 3.8) is 0 Å². The number of nitrogens with one attached hydrogen (secondary N) is 1. The van der Waals surface area contributed by atoms with E-state index in [9.17, 15) is 4.39 Å². The molecule has 2 aromatic carbocycles. The molecule has 6 heteroatoms. The predicted octanol–water partition coefficient (Wildman–Crippen LogP) is 4.30. The Bertz CT molecular complexity index is 949. The van der Waals surface area contributed by atoms with E-state index in [0.717, 1.165) is 48.9 Å². The maximum atomic E-state index is 13.1. The molecule has 0 unspecified atom stereocenters. The number of aryl methyl sites for hydroxylation is 2. The molecule has 144 valence electrons. The van der Waals surface area contributed by atoms with Crippen molar-refractivity contribution in [2.75, 3.05) is 41.3 Å². The minimum atomic E-state index is -0.202. The van der Waals surface area contributed by atoms with Gasteiger partial charge in [-0.3, -0.25) is 0 Å². The van der Waals surface area contributed by atoms with E-state index in [2.05, 4.69) is 52.1 Å². The van der Waals surface area contributed by atoms with Crippen molar-refractivity contribution in [3.05, 3.63) is 71.7 Å². The summed E-state index contributed by atoms with van der Waals surface area (Å²) >= 11 is 0. The fourth-order valence-electron chi connectivity index (χ4n) is 3.42. The fourth-order valence-corrected chi connectivity index (χ4v) is 3.42. The molecule has 0 bridgehead atoms. The molecule has 0 aliphatic carbocycles. The van der Waals surface area contributed by atoms with Crippen molar-refractivity contribution < 1.29 is 4.39 Å². The van der Waals surface area contributed by atoms with Gasteiger partial charge in [0.15, 0.2) is 0 Å². The molecular formula is C22H24FN5. The highest BCUT2D eigenvalue weighted by Gasteiger charge is 2.19. The molecule has 0 radical (unpaired) electrons. The number of nitrogens with zero attached hydrogens (tertiary/aromatic N) is 4. The second kappa shape index (κ2) is 7.84. The lowest BCUT2D eigenvalue weighted by Crippen LogP contribution is -2.46. The topological polar surface area (TPSA) is 44.3 Å². The largest absolute Gasteiger partial charge is 0.368 e. The van der Waals surface area contributed by atoms with Crippen molar-refractivity contribution in [2.45, 2.75) is 13.8 Å². The van der Waals surface area contributed by atoms with Gasteiger partial charge in [-0.2, -0.15) is 4.98 Å². The molecule has 5 nitrogen and oxygen atoms in total. The minimum absolute atomic E-state index is 0.202. The lowest BCUT2D eigenvalue weighted by Gasteiger charge is -2.36. The SMILES string of the molecule is Cc1ccc(C)c(Nc2nccc(N3CCN(c4ccc(F)cc4)CC3)n2)c1. The van der Waals surface area contributed by atoms with Crippen LogP contribution in [0.25, 0.3) is 0 Å². The summed E-state index contributed by atoms with van der Waals surface area (Å²) in [6.07, 6.45) is 1.79. The maximum absolute atomic E-state index is 13.1. The highest BCUT2D eigenvalue weighted by atomic mass is 19.1. The quantitative estimate of drug-likeness (QED) is 0.734. The molecule has 1 aliphatic rings. The molecule has 0 spiro atoms. The summed E-state index contributed by atoms with van der Waals surface area (Å²) in [7, 11) is 0. The van der Waals surface area contributed by atoms with Gasteiger partial charge in [-0.1, -0.05) is 12.1 Å². The number of aromatic nitrogens is 2. The van der Waals surface area contributed by atoms with Crippen molar-refractivity contribution in [3.8, 4) is 0 Å². The second-order valence-electron chi connectivity index (χ2n) is 7.13. The van der Waals surface area contributed by atoms with Crippen LogP contribution in [-0.2, 0) is 0 Å². The summed E-state index contributed by atoms with van der Waals surface area (Å²) in [6, 6.07) is 14.9. The Balaban J connectivity index is 1.43. The van der Waals surface area contributed by atoms with Crippen molar-refractivity contribution in [2.24, 2.45) is 0 Å². The number of halogens is 1. The maximum Gasteiger partial charge on any atom is 0.229 e. The van der Waals surface area contributed by atoms with E-state index in [-0.39, 0.29) is 5.82 Å². The summed E-state index contributed by atoms with van der Waals surface area (Å²) in [5, 5.41) is 3.34. The minimum Gasteiger partial charge on any atom is -0.368 e. The molecule has 1 saturated heterocycles. The number of hydrogen-bond donors (Lipinski definition) is 1. The fraction of sp³-hybridized carbons (Fsp3) is 0.273. The molecule has 3 aromatic rings. The smallest absolute Gasteiger partial charge is 0.229 e. The molecule has 0 saturated carbocycles. The van der Waals surface area contributed by atoms with Gasteiger partial charge >= 0.3 is 0 Å². The zero-order valence-electron chi connectivity index (χ0n) is 16.2. The first kappa shape index (κ1) is 18.2. The van der Waals surface area contributed by atoms with E-state index in [1.807, 2.05) is 18.2 Å². The second-order valence-corrected chi connectivity index (χ2v) is 7.13. The van der Waals surface area contributed by atoms with Gasteiger partial charge in [-0.15, -0.1) is 0 Å². The number of rotatable bonds is 4. The normalized spacial score (nSPS) is 14.2. The Morgan fingerprint density at radius 3 is 2.36 bits per heavy atom. The van der Waals surface area contributed by atoms with Crippen molar-refractivity contribution in [1.29, 1.82) is 0 Å². The highest BCUT2D eigenvalue weighted by molar-refractivity contribution is 5.60. The van der Waals surface area contributed by atoms with E-state index in [1.165, 1.54) is 17.7 Å². The molecule has 4 rings (SSSR count). The van der Waals surface area contributed by atoms with Crippen LogP contribution in [0.2, 0.25) is 0 Å². The van der Waals surface area contributed by atoms with Crippen LogP contribution in [0.1, 0.15) is 11.1 Å². The van der Waals surface area contributed by atoms with Gasteiger partial charge in [0.1, 0.15) is 11.6 Å². The lowest BCUT2D eigenvalue weighted by atomic mass is 10.1. The summed E-state index contributed by atoms with van der Waals surface area (Å²) < 4.78 is 13.1. The van der Waals surface area contributed by atoms with E-state index in [4.69, 9.17) is 4.98 Å². The van der Waals surface area contributed by atoms with Gasteiger partial charge in [-0.25, -0.2) is 9.37 Å². The van der Waals surface area contributed by atoms with Crippen LogP contribution in [0.3, 0.4) is 0 Å². The number of hydrogen-bond acceptors (Lipinski definition) is 5. The highest BCUT2D eigenvalue weighted by Crippen LogP contribution is 2.23. The first-order chi connectivity index (χ1) is 13.6. The van der Waals surface area contributed by atoms with E-state index in [0.29, 0.717) is 5.95 Å². The Hall–Kier alpha value is -3.15. The third kappa shape index (κ3) is 4.06. The van der Waals surface area contributed by atoms with Crippen LogP contribution in [0.15, 0.2) is 54.7 Å². The summed E-state index contributed by atoms with van der Waals surface area (Å²) in [4.78, 5) is 13.6. The molecule has 1 aliphatic heterocycles.